The maximum Gasteiger partial charge on any atom is 0.341 e. The van der Waals surface area contributed by atoms with Crippen molar-refractivity contribution in [2.24, 2.45) is 0 Å². The molecule has 0 aromatic carbocycles. The van der Waals surface area contributed by atoms with Gasteiger partial charge in [-0.1, -0.05) is 0 Å². The Balaban J connectivity index is 1.62. The molecule has 3 rings (SSSR count). The van der Waals surface area contributed by atoms with Gasteiger partial charge in [0.15, 0.2) is 18.9 Å². The Bertz CT molecular complexity index is 758. The number of rotatable bonds is 7. The van der Waals surface area contributed by atoms with Crippen molar-refractivity contribution in [2.75, 3.05) is 18.5 Å². The Morgan fingerprint density at radius 1 is 1.40 bits per heavy atom. The normalized spacial score (nSPS) is 12.7. The number of hydrogen-bond donors (Lipinski definition) is 2. The summed E-state index contributed by atoms with van der Waals surface area (Å²) in [5.74, 6) is -0.439. The second kappa shape index (κ2) is 8.22. The minimum atomic E-state index is -0.332. The van der Waals surface area contributed by atoms with E-state index in [1.165, 1.54) is 16.2 Å². The van der Waals surface area contributed by atoms with Crippen molar-refractivity contribution in [3.05, 3.63) is 46.1 Å². The van der Waals surface area contributed by atoms with Crippen LogP contribution in [0.3, 0.4) is 0 Å². The number of amides is 1. The molecule has 7 heteroatoms. The van der Waals surface area contributed by atoms with Crippen molar-refractivity contribution in [3.8, 4) is 0 Å². The number of thiophene rings is 1. The maximum absolute atomic E-state index is 12.3. The number of aromatic nitrogens is 1. The topological polar surface area (TPSA) is 86.1 Å². The van der Waals surface area contributed by atoms with Crippen LogP contribution in [-0.2, 0) is 28.9 Å². The number of carbonyl (C=O) groups is 2. The number of nitrogens with two attached hydrogens (primary N) is 1. The molecule has 2 heterocycles. The van der Waals surface area contributed by atoms with Crippen LogP contribution in [0.15, 0.2) is 24.5 Å². The number of ether oxygens (including phenoxy) is 1. The molecule has 2 aromatic heterocycles. The second-order valence-electron chi connectivity index (χ2n) is 5.94. The number of fused-ring (bicyclic) bond motifs is 1. The Morgan fingerprint density at radius 3 is 3.04 bits per heavy atom. The molecule has 132 valence electrons. The van der Waals surface area contributed by atoms with E-state index in [9.17, 15) is 9.59 Å². The highest BCUT2D eigenvalue weighted by Crippen LogP contribution is 2.39. The molecule has 0 radical (unpaired) electrons. The largest absolute Gasteiger partial charge is 0.462 e. The molecule has 25 heavy (non-hydrogen) atoms. The summed E-state index contributed by atoms with van der Waals surface area (Å²) in [6.45, 7) is 3.15. The van der Waals surface area contributed by atoms with E-state index in [1.807, 2.05) is 29.8 Å². The molecule has 0 bridgehead atoms. The lowest BCUT2D eigenvalue weighted by atomic mass is 10.1. The Hall–Kier alpha value is -2.25. The van der Waals surface area contributed by atoms with Gasteiger partial charge in [-0.05, 0) is 37.8 Å². The Labute approximate surface area is 150 Å². The van der Waals surface area contributed by atoms with Gasteiger partial charge < -0.3 is 15.4 Å². The summed E-state index contributed by atoms with van der Waals surface area (Å²) in [5.41, 5.74) is 2.74. The lowest BCUT2D eigenvalue weighted by Crippen LogP contribution is -2.84. The first-order valence-corrected chi connectivity index (χ1v) is 9.38. The molecule has 4 N–H and O–H groups in total. The summed E-state index contributed by atoms with van der Waals surface area (Å²) < 4.78 is 5.18. The zero-order chi connectivity index (χ0) is 17.6. The highest BCUT2D eigenvalue weighted by Gasteiger charge is 2.28. The first-order valence-electron chi connectivity index (χ1n) is 8.57. The van der Waals surface area contributed by atoms with Crippen molar-refractivity contribution in [1.82, 2.24) is 0 Å². The van der Waals surface area contributed by atoms with E-state index in [2.05, 4.69) is 10.3 Å². The minimum Gasteiger partial charge on any atom is -0.462 e. The lowest BCUT2D eigenvalue weighted by Gasteiger charge is -2.07. The third-order valence-corrected chi connectivity index (χ3v) is 5.34. The van der Waals surface area contributed by atoms with Gasteiger partial charge in [0.05, 0.1) is 17.7 Å². The number of hydrogen-bond acceptors (Lipinski definition) is 4. The lowest BCUT2D eigenvalue weighted by molar-refractivity contribution is -0.660. The number of aryl methyl sites for hydroxylation is 1. The third-order valence-electron chi connectivity index (χ3n) is 4.14. The van der Waals surface area contributed by atoms with E-state index in [0.29, 0.717) is 23.7 Å². The van der Waals surface area contributed by atoms with E-state index in [1.54, 1.807) is 6.92 Å². The Kier molecular flexibility index (Phi) is 5.78. The van der Waals surface area contributed by atoms with Crippen LogP contribution in [0.25, 0.3) is 0 Å². The van der Waals surface area contributed by atoms with Gasteiger partial charge in [0.2, 0.25) is 0 Å². The molecule has 0 aliphatic heterocycles. The second-order valence-corrected chi connectivity index (χ2v) is 7.04. The average Bonchev–Trinajstić information content (AvgIpc) is 3.16. The first kappa shape index (κ1) is 17.6. The van der Waals surface area contributed by atoms with Gasteiger partial charge in [0.25, 0.3) is 5.91 Å². The van der Waals surface area contributed by atoms with Gasteiger partial charge >= 0.3 is 5.97 Å². The summed E-state index contributed by atoms with van der Waals surface area (Å²) in [5, 5.41) is 5.47. The van der Waals surface area contributed by atoms with E-state index in [0.717, 1.165) is 36.9 Å². The van der Waals surface area contributed by atoms with Crippen LogP contribution in [-0.4, -0.2) is 25.0 Å². The van der Waals surface area contributed by atoms with Crippen LogP contribution >= 0.6 is 11.3 Å². The predicted octanol–water partition coefficient (Wildman–Crippen LogP) is 0.930. The first-order chi connectivity index (χ1) is 12.2. The van der Waals surface area contributed by atoms with Crippen LogP contribution in [0.1, 0.15) is 39.7 Å². The average molecular weight is 361 g/mol. The van der Waals surface area contributed by atoms with E-state index >= 15 is 0 Å². The number of esters is 1. The molecule has 1 aliphatic rings. The molecule has 1 aliphatic carbocycles. The summed E-state index contributed by atoms with van der Waals surface area (Å²) in [6.07, 6.45) is 6.68. The maximum atomic E-state index is 12.3. The number of aromatic amines is 1. The summed E-state index contributed by atoms with van der Waals surface area (Å²) >= 11 is 1.51. The van der Waals surface area contributed by atoms with Crippen LogP contribution in [0.5, 0.6) is 0 Å². The van der Waals surface area contributed by atoms with E-state index in [4.69, 9.17) is 4.74 Å². The fourth-order valence-corrected chi connectivity index (χ4v) is 4.31. The fourth-order valence-electron chi connectivity index (χ4n) is 3.02. The quantitative estimate of drug-likeness (QED) is 0.720. The Morgan fingerprint density at radius 2 is 2.28 bits per heavy atom. The van der Waals surface area contributed by atoms with Gasteiger partial charge in [-0.2, -0.15) is 0 Å². The van der Waals surface area contributed by atoms with Crippen LogP contribution in [0.4, 0.5) is 5.00 Å². The SMILES string of the molecule is CCOC(=O)c1c(NC(=O)C[NH2+]Cc2ccc[nH+]c2)sc2c1CCC2. The zero-order valence-corrected chi connectivity index (χ0v) is 15.1. The van der Waals surface area contributed by atoms with Crippen LogP contribution in [0.2, 0.25) is 0 Å². The van der Waals surface area contributed by atoms with Gasteiger partial charge in [0.1, 0.15) is 11.5 Å². The highest BCUT2D eigenvalue weighted by molar-refractivity contribution is 7.17. The number of carbonyl (C=O) groups excluding carboxylic acids is 2. The molecule has 0 fully saturated rings. The summed E-state index contributed by atoms with van der Waals surface area (Å²) in [6, 6.07) is 3.94. The molecular formula is C18H23N3O3S+2. The number of anilines is 1. The van der Waals surface area contributed by atoms with Gasteiger partial charge in [-0.15, -0.1) is 11.3 Å². The van der Waals surface area contributed by atoms with Crippen molar-refractivity contribution in [2.45, 2.75) is 32.7 Å². The summed E-state index contributed by atoms with van der Waals surface area (Å²) in [7, 11) is 0. The van der Waals surface area contributed by atoms with Crippen molar-refractivity contribution in [1.29, 1.82) is 0 Å². The molecule has 6 nitrogen and oxygen atoms in total. The zero-order valence-electron chi connectivity index (χ0n) is 14.3. The molecular weight excluding hydrogens is 338 g/mol. The number of pyridine rings is 1. The fraction of sp³-hybridized carbons (Fsp3) is 0.389. The number of nitrogens with one attached hydrogen (secondary N) is 2. The minimum absolute atomic E-state index is 0.106. The smallest absolute Gasteiger partial charge is 0.341 e. The van der Waals surface area contributed by atoms with Crippen molar-refractivity contribution in [3.63, 3.8) is 0 Å². The molecule has 0 atom stereocenters. The molecule has 2 aromatic rings. The molecule has 0 saturated carbocycles. The van der Waals surface area contributed by atoms with Crippen molar-refractivity contribution >= 4 is 28.2 Å². The molecule has 1 amide bonds. The monoisotopic (exact) mass is 361 g/mol. The number of quaternary nitrogens is 1. The summed E-state index contributed by atoms with van der Waals surface area (Å²) in [4.78, 5) is 28.8. The standard InChI is InChI=1S/C18H21N3O3S/c1-2-24-18(23)16-13-6-3-7-14(13)25-17(16)21-15(22)11-20-10-12-5-4-8-19-9-12/h4-5,8-9,20H,2-3,6-7,10-11H2,1H3,(H,21,22)/p+2. The van der Waals surface area contributed by atoms with Crippen LogP contribution in [0, 0.1) is 0 Å². The van der Waals surface area contributed by atoms with Crippen molar-refractivity contribution < 1.29 is 24.6 Å². The van der Waals surface area contributed by atoms with E-state index < -0.39 is 0 Å². The highest BCUT2D eigenvalue weighted by atomic mass is 32.1. The number of H-pyrrole nitrogens is 1. The van der Waals surface area contributed by atoms with Gasteiger partial charge in [-0.25, -0.2) is 9.78 Å². The molecule has 0 saturated heterocycles. The van der Waals surface area contributed by atoms with Gasteiger partial charge in [0, 0.05) is 10.9 Å². The predicted molar refractivity (Wildman–Crippen MR) is 94.4 cm³/mol. The third kappa shape index (κ3) is 4.24. The molecule has 0 spiro atoms. The molecule has 0 unspecified atom stereocenters. The van der Waals surface area contributed by atoms with Crippen LogP contribution < -0.4 is 15.6 Å². The van der Waals surface area contributed by atoms with Gasteiger partial charge in [-0.3, -0.25) is 4.79 Å². The van der Waals surface area contributed by atoms with E-state index in [-0.39, 0.29) is 11.9 Å².